The summed E-state index contributed by atoms with van der Waals surface area (Å²) in [5, 5.41) is 13.3. The quantitative estimate of drug-likeness (QED) is 0.601. The lowest BCUT2D eigenvalue weighted by atomic mass is 9.87. The van der Waals surface area contributed by atoms with Crippen molar-refractivity contribution in [2.24, 2.45) is 11.3 Å². The normalized spacial score (nSPS) is 14.0. The fourth-order valence-corrected chi connectivity index (χ4v) is 3.44. The molecular formula is C25H31NO5. The summed E-state index contributed by atoms with van der Waals surface area (Å²) in [5.74, 6) is 1.10. The highest BCUT2D eigenvalue weighted by Crippen LogP contribution is 2.33. The van der Waals surface area contributed by atoms with Crippen molar-refractivity contribution in [1.29, 1.82) is 0 Å². The second kappa shape index (κ2) is 9.00. The molecule has 0 fully saturated rings. The van der Waals surface area contributed by atoms with Crippen molar-refractivity contribution in [3.63, 3.8) is 0 Å². The largest absolute Gasteiger partial charge is 0.507 e. The predicted molar refractivity (Wildman–Crippen MR) is 119 cm³/mol. The Morgan fingerprint density at radius 2 is 1.87 bits per heavy atom. The summed E-state index contributed by atoms with van der Waals surface area (Å²) in [5.41, 5.74) is 2.38. The van der Waals surface area contributed by atoms with E-state index in [0.717, 1.165) is 5.56 Å². The summed E-state index contributed by atoms with van der Waals surface area (Å²) in [4.78, 5) is 24.3. The van der Waals surface area contributed by atoms with E-state index in [4.69, 9.17) is 9.47 Å². The van der Waals surface area contributed by atoms with E-state index in [1.807, 2.05) is 39.8 Å². The summed E-state index contributed by atoms with van der Waals surface area (Å²) in [6.45, 7) is 11.1. The van der Waals surface area contributed by atoms with Gasteiger partial charge in [-0.05, 0) is 42.2 Å². The first-order valence-electron chi connectivity index (χ1n) is 10.6. The lowest BCUT2D eigenvalue weighted by molar-refractivity contribution is 0.0934. The third kappa shape index (κ3) is 5.57. The fraction of sp³-hybridized carbons (Fsp3) is 0.440. The Morgan fingerprint density at radius 3 is 2.58 bits per heavy atom. The van der Waals surface area contributed by atoms with E-state index in [1.54, 1.807) is 25.1 Å². The maximum Gasteiger partial charge on any atom is 0.252 e. The Labute approximate surface area is 183 Å². The molecule has 1 aliphatic rings. The zero-order valence-corrected chi connectivity index (χ0v) is 18.9. The molecule has 1 heterocycles. The maximum absolute atomic E-state index is 12.5. The van der Waals surface area contributed by atoms with E-state index >= 15 is 0 Å². The molecule has 0 saturated carbocycles. The van der Waals surface area contributed by atoms with Crippen LogP contribution in [-0.4, -0.2) is 30.0 Å². The van der Waals surface area contributed by atoms with E-state index in [-0.39, 0.29) is 28.8 Å². The molecule has 0 saturated heterocycles. The topological polar surface area (TPSA) is 84.9 Å². The fourth-order valence-electron chi connectivity index (χ4n) is 3.44. The third-order valence-electron chi connectivity index (χ3n) is 5.20. The van der Waals surface area contributed by atoms with Gasteiger partial charge in [0.1, 0.15) is 17.2 Å². The average Bonchev–Trinajstić information content (AvgIpc) is 3.06. The molecule has 1 aliphatic heterocycles. The van der Waals surface area contributed by atoms with Gasteiger partial charge in [-0.2, -0.15) is 0 Å². The van der Waals surface area contributed by atoms with Crippen LogP contribution in [0.15, 0.2) is 30.3 Å². The molecule has 0 unspecified atom stereocenters. The van der Waals surface area contributed by atoms with Crippen LogP contribution in [0.2, 0.25) is 0 Å². The molecule has 6 heteroatoms. The monoisotopic (exact) mass is 425 g/mol. The second-order valence-electron chi connectivity index (χ2n) is 9.47. The Hall–Kier alpha value is -3.02. The summed E-state index contributed by atoms with van der Waals surface area (Å²) < 4.78 is 11.7. The molecule has 1 atom stereocenters. The molecular weight excluding hydrogens is 394 g/mol. The zero-order chi connectivity index (χ0) is 22.8. The van der Waals surface area contributed by atoms with Gasteiger partial charge in [0.05, 0.1) is 18.8 Å². The standard InChI is InChI=1S/C25H31NO5/c1-15(13-30-18-7-6-17-12-26-24(29)20(17)10-18)14-31-22-9-8-19(23(28)16(22)2)21(27)11-25(3,4)5/h6-10,15,28H,11-14H2,1-5H3,(H,26,29)/t15-/m0/s1. The summed E-state index contributed by atoms with van der Waals surface area (Å²) >= 11 is 0. The van der Waals surface area contributed by atoms with Gasteiger partial charge in [0.25, 0.3) is 5.91 Å². The first-order chi connectivity index (χ1) is 14.5. The lowest BCUT2D eigenvalue weighted by Gasteiger charge is -2.19. The number of phenolic OH excluding ortho intramolecular Hbond substituents is 1. The second-order valence-corrected chi connectivity index (χ2v) is 9.47. The number of phenols is 1. The van der Waals surface area contributed by atoms with Crippen molar-refractivity contribution in [3.05, 3.63) is 52.6 Å². The highest BCUT2D eigenvalue weighted by Gasteiger charge is 2.22. The van der Waals surface area contributed by atoms with Crippen molar-refractivity contribution in [3.8, 4) is 17.2 Å². The molecule has 0 bridgehead atoms. The first-order valence-corrected chi connectivity index (χ1v) is 10.6. The van der Waals surface area contributed by atoms with E-state index in [0.29, 0.717) is 54.4 Å². The number of benzene rings is 2. The van der Waals surface area contributed by atoms with Crippen LogP contribution >= 0.6 is 0 Å². The van der Waals surface area contributed by atoms with Crippen molar-refractivity contribution in [2.45, 2.75) is 47.6 Å². The highest BCUT2D eigenvalue weighted by atomic mass is 16.5. The third-order valence-corrected chi connectivity index (χ3v) is 5.20. The van der Waals surface area contributed by atoms with E-state index in [9.17, 15) is 14.7 Å². The molecule has 0 aromatic heterocycles. The van der Waals surface area contributed by atoms with Crippen LogP contribution in [0.3, 0.4) is 0 Å². The maximum atomic E-state index is 12.5. The summed E-state index contributed by atoms with van der Waals surface area (Å²) in [7, 11) is 0. The van der Waals surface area contributed by atoms with Gasteiger partial charge in [-0.15, -0.1) is 0 Å². The molecule has 0 spiro atoms. The van der Waals surface area contributed by atoms with E-state index in [1.165, 1.54) is 0 Å². The molecule has 6 nitrogen and oxygen atoms in total. The van der Waals surface area contributed by atoms with E-state index < -0.39 is 0 Å². The van der Waals surface area contributed by atoms with Crippen LogP contribution in [0.4, 0.5) is 0 Å². The van der Waals surface area contributed by atoms with Crippen LogP contribution < -0.4 is 14.8 Å². The number of hydrogen-bond acceptors (Lipinski definition) is 5. The van der Waals surface area contributed by atoms with Crippen LogP contribution in [0.1, 0.15) is 66.0 Å². The van der Waals surface area contributed by atoms with Gasteiger partial charge in [0.15, 0.2) is 5.78 Å². The Balaban J connectivity index is 1.56. The lowest BCUT2D eigenvalue weighted by Crippen LogP contribution is -2.17. The first kappa shape index (κ1) is 22.7. The Morgan fingerprint density at radius 1 is 1.16 bits per heavy atom. The van der Waals surface area contributed by atoms with Crippen molar-refractivity contribution < 1.29 is 24.2 Å². The molecule has 3 rings (SSSR count). The molecule has 31 heavy (non-hydrogen) atoms. The van der Waals surface area contributed by atoms with Crippen LogP contribution in [0, 0.1) is 18.3 Å². The zero-order valence-electron chi connectivity index (χ0n) is 18.9. The molecule has 166 valence electrons. The molecule has 1 amide bonds. The van der Waals surface area contributed by atoms with Gasteiger partial charge in [-0.3, -0.25) is 9.59 Å². The number of fused-ring (bicyclic) bond motifs is 1. The summed E-state index contributed by atoms with van der Waals surface area (Å²) in [6, 6.07) is 8.89. The van der Waals surface area contributed by atoms with Crippen LogP contribution in [0.25, 0.3) is 0 Å². The van der Waals surface area contributed by atoms with Gasteiger partial charge in [-0.1, -0.05) is 33.8 Å². The molecule has 2 aromatic carbocycles. The van der Waals surface area contributed by atoms with Crippen LogP contribution in [-0.2, 0) is 6.54 Å². The molecule has 0 aliphatic carbocycles. The van der Waals surface area contributed by atoms with Crippen molar-refractivity contribution >= 4 is 11.7 Å². The minimum atomic E-state index is -0.148. The minimum absolute atomic E-state index is 0.0212. The Bertz CT molecular complexity index is 990. The molecule has 0 radical (unpaired) electrons. The number of rotatable bonds is 8. The van der Waals surface area contributed by atoms with Gasteiger partial charge in [0, 0.05) is 30.0 Å². The van der Waals surface area contributed by atoms with Gasteiger partial charge >= 0.3 is 0 Å². The number of aromatic hydroxyl groups is 1. The van der Waals surface area contributed by atoms with Gasteiger partial charge < -0.3 is 19.9 Å². The number of carbonyl (C=O) groups excluding carboxylic acids is 2. The van der Waals surface area contributed by atoms with Crippen molar-refractivity contribution in [1.82, 2.24) is 5.32 Å². The number of hydrogen-bond donors (Lipinski definition) is 2. The molecule has 2 N–H and O–H groups in total. The SMILES string of the molecule is Cc1c(OC[C@@H](C)COc2ccc3c(c2)C(=O)NC3)ccc(C(=O)CC(C)(C)C)c1O. The molecule has 2 aromatic rings. The Kier molecular flexibility index (Phi) is 6.58. The number of amides is 1. The highest BCUT2D eigenvalue weighted by molar-refractivity contribution is 5.99. The predicted octanol–water partition coefficient (Wildman–Crippen LogP) is 4.66. The number of ether oxygens (including phenoxy) is 2. The number of nitrogens with one attached hydrogen (secondary N) is 1. The average molecular weight is 426 g/mol. The minimum Gasteiger partial charge on any atom is -0.507 e. The van der Waals surface area contributed by atoms with Crippen LogP contribution in [0.5, 0.6) is 17.2 Å². The van der Waals surface area contributed by atoms with Gasteiger partial charge in [-0.25, -0.2) is 0 Å². The smallest absolute Gasteiger partial charge is 0.252 e. The number of ketones is 1. The number of Topliss-reactive ketones (excluding diaryl/α,β-unsaturated/α-hetero) is 1. The number of carbonyl (C=O) groups is 2. The van der Waals surface area contributed by atoms with Gasteiger partial charge in [0.2, 0.25) is 0 Å². The van der Waals surface area contributed by atoms with E-state index in [2.05, 4.69) is 5.32 Å². The summed E-state index contributed by atoms with van der Waals surface area (Å²) in [6.07, 6.45) is 0.360. The van der Waals surface area contributed by atoms with Crippen molar-refractivity contribution in [2.75, 3.05) is 13.2 Å².